The predicted octanol–water partition coefficient (Wildman–Crippen LogP) is 5.90. The lowest BCUT2D eigenvalue weighted by atomic mass is 9.94. The molecule has 0 atom stereocenters. The Morgan fingerprint density at radius 2 is 1.83 bits per heavy atom. The van der Waals surface area contributed by atoms with Crippen molar-refractivity contribution in [3.63, 3.8) is 0 Å². The Kier molecular flexibility index (Phi) is 7.75. The van der Waals surface area contributed by atoms with E-state index in [0.717, 1.165) is 55.5 Å². The molecule has 5 heteroatoms. The van der Waals surface area contributed by atoms with Crippen LogP contribution in [-0.4, -0.2) is 36.9 Å². The fourth-order valence-electron chi connectivity index (χ4n) is 4.72. The molecule has 5 nitrogen and oxygen atoms in total. The van der Waals surface area contributed by atoms with Gasteiger partial charge in [-0.25, -0.2) is 4.79 Å². The normalized spacial score (nSPS) is 15.1. The largest absolute Gasteiger partial charge is 0.490 e. The number of ketones is 1. The van der Waals surface area contributed by atoms with E-state index in [0.29, 0.717) is 22.6 Å². The number of rotatable bonds is 8. The number of Topliss-reactive ketones (excluding diaryl/α,β-unsaturated/α-hetero) is 1. The first kappa shape index (κ1) is 25.2. The topological polar surface area (TPSA) is 59.8 Å². The van der Waals surface area contributed by atoms with Crippen LogP contribution in [0, 0.1) is 19.8 Å². The molecule has 0 radical (unpaired) electrons. The summed E-state index contributed by atoms with van der Waals surface area (Å²) >= 11 is 0. The van der Waals surface area contributed by atoms with E-state index in [4.69, 9.17) is 9.15 Å². The number of nitrogens with zero attached hydrogens (tertiary/aromatic N) is 1. The van der Waals surface area contributed by atoms with Crippen LogP contribution in [0.1, 0.15) is 65.7 Å². The number of ether oxygens (including phenoxy) is 1. The molecule has 186 valence electrons. The van der Waals surface area contributed by atoms with Crippen LogP contribution in [0.4, 0.5) is 0 Å². The first-order valence-corrected chi connectivity index (χ1v) is 12.8. The number of carbonyl (C=O) groups excluding carboxylic acids is 1. The molecule has 0 aliphatic carbocycles. The third kappa shape index (κ3) is 6.02. The Balaban J connectivity index is 1.53. The summed E-state index contributed by atoms with van der Waals surface area (Å²) in [7, 11) is 2.12. The molecule has 2 aromatic carbocycles. The second-order valence-electron chi connectivity index (χ2n) is 10.5. The summed E-state index contributed by atoms with van der Waals surface area (Å²) < 4.78 is 12.0. The lowest BCUT2D eigenvalue weighted by Crippen LogP contribution is -2.35. The predicted molar refractivity (Wildman–Crippen MR) is 141 cm³/mol. The minimum absolute atomic E-state index is 0.0256. The van der Waals surface area contributed by atoms with Crippen molar-refractivity contribution in [1.82, 2.24) is 4.90 Å². The van der Waals surface area contributed by atoms with Crippen LogP contribution in [-0.2, 0) is 12.8 Å². The number of carbonyl (C=O) groups is 1. The molecule has 4 rings (SSSR count). The second kappa shape index (κ2) is 10.8. The van der Waals surface area contributed by atoms with Crippen LogP contribution < -0.4 is 10.4 Å². The number of likely N-dealkylation sites (tertiary alicyclic amines) is 1. The highest BCUT2D eigenvalue weighted by Gasteiger charge is 2.20. The Morgan fingerprint density at radius 3 is 2.54 bits per heavy atom. The van der Waals surface area contributed by atoms with Gasteiger partial charge in [-0.05, 0) is 87.9 Å². The van der Waals surface area contributed by atoms with E-state index in [1.807, 2.05) is 37.3 Å². The van der Waals surface area contributed by atoms with E-state index < -0.39 is 5.63 Å². The molecule has 1 saturated heterocycles. The van der Waals surface area contributed by atoms with Gasteiger partial charge in [0.05, 0.1) is 0 Å². The highest BCUT2D eigenvalue weighted by Crippen LogP contribution is 2.29. The molecular formula is C30H37NO4. The highest BCUT2D eigenvalue weighted by atomic mass is 16.5. The van der Waals surface area contributed by atoms with Crippen LogP contribution in [0.3, 0.4) is 0 Å². The maximum atomic E-state index is 13.1. The van der Waals surface area contributed by atoms with Crippen LogP contribution in [0.25, 0.3) is 11.0 Å². The minimum atomic E-state index is -0.461. The van der Waals surface area contributed by atoms with Crippen molar-refractivity contribution in [2.45, 2.75) is 65.9 Å². The SMILES string of the molecule is Cc1ccc(C(=O)Cc2cc3ccc(OC4CCN(C)CC4)c(C)c3oc2=O)cc1CCC(C)C. The first-order valence-electron chi connectivity index (χ1n) is 12.8. The summed E-state index contributed by atoms with van der Waals surface area (Å²) in [6.45, 7) is 10.4. The molecule has 0 spiro atoms. The van der Waals surface area contributed by atoms with Crippen molar-refractivity contribution < 1.29 is 13.9 Å². The van der Waals surface area contributed by atoms with Crippen molar-refractivity contribution >= 4 is 16.8 Å². The van der Waals surface area contributed by atoms with Crippen LogP contribution in [0.2, 0.25) is 0 Å². The summed E-state index contributed by atoms with van der Waals surface area (Å²) in [6.07, 6.45) is 4.19. The third-order valence-corrected chi connectivity index (χ3v) is 7.15. The van der Waals surface area contributed by atoms with Crippen molar-refractivity contribution in [2.75, 3.05) is 20.1 Å². The fraction of sp³-hybridized carbons (Fsp3) is 0.467. The van der Waals surface area contributed by atoms with Gasteiger partial charge in [0.2, 0.25) is 0 Å². The summed E-state index contributed by atoms with van der Waals surface area (Å²) in [5.74, 6) is 1.30. The molecule has 0 unspecified atom stereocenters. The second-order valence-corrected chi connectivity index (χ2v) is 10.5. The number of aryl methyl sites for hydroxylation is 3. The monoisotopic (exact) mass is 475 g/mol. The van der Waals surface area contributed by atoms with Crippen molar-refractivity contribution in [3.8, 4) is 5.75 Å². The fourth-order valence-corrected chi connectivity index (χ4v) is 4.72. The Labute approximate surface area is 208 Å². The summed E-state index contributed by atoms with van der Waals surface area (Å²) in [5.41, 5.74) is 4.32. The van der Waals surface area contributed by atoms with Gasteiger partial charge < -0.3 is 14.1 Å². The van der Waals surface area contributed by atoms with Gasteiger partial charge in [0, 0.05) is 41.6 Å². The standard InChI is InChI=1S/C30H37NO4/c1-19(2)6-8-22-16-23(9-7-20(22)3)27(32)18-25-17-24-10-11-28(21(4)29(24)35-30(25)33)34-26-12-14-31(5)15-13-26/h7,9-11,16-17,19,26H,6,8,12-15,18H2,1-5H3. The average molecular weight is 476 g/mol. The molecule has 3 aromatic rings. The molecule has 35 heavy (non-hydrogen) atoms. The smallest absolute Gasteiger partial charge is 0.339 e. The quantitative estimate of drug-likeness (QED) is 0.300. The van der Waals surface area contributed by atoms with Crippen molar-refractivity contribution in [3.05, 3.63) is 74.6 Å². The maximum Gasteiger partial charge on any atom is 0.339 e. The molecule has 2 heterocycles. The van der Waals surface area contributed by atoms with E-state index in [1.165, 1.54) is 11.1 Å². The number of fused-ring (bicyclic) bond motifs is 1. The zero-order chi connectivity index (χ0) is 25.1. The molecule has 0 bridgehead atoms. The van der Waals surface area contributed by atoms with E-state index in [1.54, 1.807) is 6.07 Å². The molecule has 1 fully saturated rings. The van der Waals surface area contributed by atoms with Crippen molar-refractivity contribution in [1.29, 1.82) is 0 Å². The Bertz CT molecular complexity index is 1270. The van der Waals surface area contributed by atoms with Crippen molar-refractivity contribution in [2.24, 2.45) is 5.92 Å². The molecule has 0 amide bonds. The summed E-state index contributed by atoms with van der Waals surface area (Å²) in [6, 6.07) is 11.5. The first-order chi connectivity index (χ1) is 16.7. The lowest BCUT2D eigenvalue weighted by molar-refractivity contribution is 0.0991. The molecule has 1 aliphatic heterocycles. The maximum absolute atomic E-state index is 13.1. The van der Waals surface area contributed by atoms with Gasteiger partial charge in [0.15, 0.2) is 5.78 Å². The van der Waals surface area contributed by atoms with E-state index >= 15 is 0 Å². The zero-order valence-electron chi connectivity index (χ0n) is 21.6. The summed E-state index contributed by atoms with van der Waals surface area (Å²) in [4.78, 5) is 28.2. The molecule has 0 N–H and O–H groups in total. The van der Waals surface area contributed by atoms with Gasteiger partial charge in [-0.15, -0.1) is 0 Å². The van der Waals surface area contributed by atoms with E-state index in [2.05, 4.69) is 32.7 Å². The van der Waals surface area contributed by atoms with Gasteiger partial charge in [0.25, 0.3) is 0 Å². The number of benzene rings is 2. The molecule has 1 aliphatic rings. The number of hydrogen-bond acceptors (Lipinski definition) is 5. The average Bonchev–Trinajstić information content (AvgIpc) is 2.82. The molecule has 0 saturated carbocycles. The van der Waals surface area contributed by atoms with Crippen LogP contribution in [0.5, 0.6) is 5.75 Å². The van der Waals surface area contributed by atoms with Crippen LogP contribution >= 0.6 is 0 Å². The Hall–Kier alpha value is -2.92. The number of hydrogen-bond donors (Lipinski definition) is 0. The van der Waals surface area contributed by atoms with Gasteiger partial charge in [-0.3, -0.25) is 4.79 Å². The highest BCUT2D eigenvalue weighted by molar-refractivity contribution is 5.98. The van der Waals surface area contributed by atoms with Gasteiger partial charge in [0.1, 0.15) is 17.4 Å². The van der Waals surface area contributed by atoms with E-state index in [-0.39, 0.29) is 18.3 Å². The molecule has 1 aromatic heterocycles. The van der Waals surface area contributed by atoms with Crippen LogP contribution in [0.15, 0.2) is 45.6 Å². The lowest BCUT2D eigenvalue weighted by Gasteiger charge is -2.29. The zero-order valence-corrected chi connectivity index (χ0v) is 21.6. The van der Waals surface area contributed by atoms with Gasteiger partial charge in [-0.2, -0.15) is 0 Å². The summed E-state index contributed by atoms with van der Waals surface area (Å²) in [5, 5.41) is 0.808. The minimum Gasteiger partial charge on any atom is -0.490 e. The van der Waals surface area contributed by atoms with Gasteiger partial charge >= 0.3 is 5.63 Å². The number of piperidine rings is 1. The van der Waals surface area contributed by atoms with E-state index in [9.17, 15) is 9.59 Å². The van der Waals surface area contributed by atoms with Gasteiger partial charge in [-0.1, -0.05) is 26.0 Å². The third-order valence-electron chi connectivity index (χ3n) is 7.15. The molecular weight excluding hydrogens is 438 g/mol. The Morgan fingerprint density at radius 1 is 1.09 bits per heavy atom.